The predicted molar refractivity (Wildman–Crippen MR) is 101 cm³/mol. The Balaban J connectivity index is 1.46. The first kappa shape index (κ1) is 17.9. The Bertz CT molecular complexity index is 930. The fourth-order valence-electron chi connectivity index (χ4n) is 2.33. The van der Waals surface area contributed by atoms with E-state index in [2.05, 4.69) is 20.9 Å². The van der Waals surface area contributed by atoms with Crippen LogP contribution in [0.25, 0.3) is 10.9 Å². The van der Waals surface area contributed by atoms with E-state index in [1.807, 2.05) is 24.3 Å². The average Bonchev–Trinajstić information content (AvgIpc) is 2.61. The number of nitrogens with zero attached hydrogens (tertiary/aromatic N) is 2. The van der Waals surface area contributed by atoms with Crippen LogP contribution in [0.1, 0.15) is 0 Å². The van der Waals surface area contributed by atoms with Gasteiger partial charge in [0.1, 0.15) is 12.4 Å². The summed E-state index contributed by atoms with van der Waals surface area (Å²) in [6.07, 6.45) is 1.55. The maximum absolute atomic E-state index is 12.3. The third-order valence-corrected chi connectivity index (χ3v) is 4.38. The SMILES string of the molecule is O=c1c2ccccc2ncn1CCOCCOc1ccc(Br)cc1Cl. The molecule has 2 aromatic carbocycles. The van der Waals surface area contributed by atoms with Crippen LogP contribution in [0, 0.1) is 0 Å². The van der Waals surface area contributed by atoms with E-state index in [-0.39, 0.29) is 5.56 Å². The number of hydrogen-bond acceptors (Lipinski definition) is 4. The van der Waals surface area contributed by atoms with E-state index in [1.165, 1.54) is 0 Å². The molecule has 0 amide bonds. The van der Waals surface area contributed by atoms with Crippen molar-refractivity contribution in [2.45, 2.75) is 6.54 Å². The molecule has 130 valence electrons. The van der Waals surface area contributed by atoms with Crippen LogP contribution < -0.4 is 10.3 Å². The number of fused-ring (bicyclic) bond motifs is 1. The highest BCUT2D eigenvalue weighted by Crippen LogP contribution is 2.27. The Morgan fingerprint density at radius 2 is 1.96 bits per heavy atom. The second kappa shape index (κ2) is 8.47. The van der Waals surface area contributed by atoms with Crippen LogP contribution in [0.5, 0.6) is 5.75 Å². The largest absolute Gasteiger partial charge is 0.490 e. The lowest BCUT2D eigenvalue weighted by atomic mass is 10.2. The Kier molecular flexibility index (Phi) is 6.07. The molecule has 0 aliphatic heterocycles. The topological polar surface area (TPSA) is 53.4 Å². The molecule has 1 aromatic heterocycles. The third-order valence-electron chi connectivity index (χ3n) is 3.59. The maximum Gasteiger partial charge on any atom is 0.261 e. The van der Waals surface area contributed by atoms with Crippen molar-refractivity contribution < 1.29 is 9.47 Å². The van der Waals surface area contributed by atoms with Crippen molar-refractivity contribution in [3.8, 4) is 5.75 Å². The molecule has 0 bridgehead atoms. The molecule has 1 heterocycles. The van der Waals surface area contributed by atoms with Gasteiger partial charge in [-0.2, -0.15) is 0 Å². The van der Waals surface area contributed by atoms with Gasteiger partial charge in [0.15, 0.2) is 0 Å². The zero-order chi connectivity index (χ0) is 17.6. The van der Waals surface area contributed by atoms with Crippen molar-refractivity contribution in [1.29, 1.82) is 0 Å². The Morgan fingerprint density at radius 1 is 1.12 bits per heavy atom. The van der Waals surface area contributed by atoms with Gasteiger partial charge in [0.25, 0.3) is 5.56 Å². The number of ether oxygens (including phenoxy) is 2. The normalized spacial score (nSPS) is 11.0. The van der Waals surface area contributed by atoms with Crippen molar-refractivity contribution in [1.82, 2.24) is 9.55 Å². The number of benzene rings is 2. The minimum Gasteiger partial charge on any atom is -0.490 e. The van der Waals surface area contributed by atoms with Crippen molar-refractivity contribution in [2.75, 3.05) is 19.8 Å². The molecular formula is C18H16BrClN2O3. The fraction of sp³-hybridized carbons (Fsp3) is 0.222. The molecule has 0 N–H and O–H groups in total. The summed E-state index contributed by atoms with van der Waals surface area (Å²) < 4.78 is 13.5. The van der Waals surface area contributed by atoms with Gasteiger partial charge in [-0.25, -0.2) is 4.98 Å². The molecular weight excluding hydrogens is 408 g/mol. The molecule has 5 nitrogen and oxygen atoms in total. The molecule has 25 heavy (non-hydrogen) atoms. The van der Waals surface area contributed by atoms with E-state index >= 15 is 0 Å². The van der Waals surface area contributed by atoms with E-state index in [0.29, 0.717) is 48.0 Å². The number of para-hydroxylation sites is 1. The molecule has 3 rings (SSSR count). The van der Waals surface area contributed by atoms with Crippen LogP contribution in [0.15, 0.2) is 58.1 Å². The summed E-state index contributed by atoms with van der Waals surface area (Å²) in [5.41, 5.74) is 0.636. The summed E-state index contributed by atoms with van der Waals surface area (Å²) in [7, 11) is 0. The standard InChI is InChI=1S/C18H16BrClN2O3/c19-13-5-6-17(15(20)11-13)25-10-9-24-8-7-22-12-21-16-4-2-1-3-14(16)18(22)23/h1-6,11-12H,7-10H2. The van der Waals surface area contributed by atoms with Crippen LogP contribution >= 0.6 is 27.5 Å². The first-order valence-corrected chi connectivity index (χ1v) is 8.92. The third kappa shape index (κ3) is 4.60. The smallest absolute Gasteiger partial charge is 0.261 e. The Hall–Kier alpha value is -1.89. The van der Waals surface area contributed by atoms with Crippen molar-refractivity contribution in [2.24, 2.45) is 0 Å². The predicted octanol–water partition coefficient (Wildman–Crippen LogP) is 3.91. The molecule has 0 atom stereocenters. The van der Waals surface area contributed by atoms with Crippen LogP contribution in [-0.4, -0.2) is 29.4 Å². The van der Waals surface area contributed by atoms with Gasteiger partial charge in [0.05, 0.1) is 42.0 Å². The minimum absolute atomic E-state index is 0.0629. The molecule has 7 heteroatoms. The lowest BCUT2D eigenvalue weighted by Crippen LogP contribution is -2.23. The Labute approximate surface area is 158 Å². The fourth-order valence-corrected chi connectivity index (χ4v) is 3.06. The lowest BCUT2D eigenvalue weighted by molar-refractivity contribution is 0.0938. The van der Waals surface area contributed by atoms with Crippen LogP contribution in [-0.2, 0) is 11.3 Å². The van der Waals surface area contributed by atoms with Gasteiger partial charge in [-0.15, -0.1) is 0 Å². The summed E-state index contributed by atoms with van der Waals surface area (Å²) in [5.74, 6) is 0.614. The van der Waals surface area contributed by atoms with Gasteiger partial charge in [0.2, 0.25) is 0 Å². The van der Waals surface area contributed by atoms with E-state index in [1.54, 1.807) is 29.1 Å². The van der Waals surface area contributed by atoms with Gasteiger partial charge in [-0.05, 0) is 30.3 Å². The molecule has 0 aliphatic carbocycles. The summed E-state index contributed by atoms with van der Waals surface area (Å²) in [6, 6.07) is 12.7. The molecule has 3 aromatic rings. The minimum atomic E-state index is -0.0629. The first-order chi connectivity index (χ1) is 12.1. The van der Waals surface area contributed by atoms with E-state index in [4.69, 9.17) is 21.1 Å². The van der Waals surface area contributed by atoms with Gasteiger partial charge < -0.3 is 9.47 Å². The summed E-state index contributed by atoms with van der Waals surface area (Å²) >= 11 is 9.42. The lowest BCUT2D eigenvalue weighted by Gasteiger charge is -2.10. The van der Waals surface area contributed by atoms with Gasteiger partial charge in [0, 0.05) is 4.47 Å². The monoisotopic (exact) mass is 422 g/mol. The van der Waals surface area contributed by atoms with Crippen molar-refractivity contribution in [3.05, 3.63) is 68.6 Å². The molecule has 0 unspecified atom stereocenters. The quantitative estimate of drug-likeness (QED) is 0.541. The molecule has 0 radical (unpaired) electrons. The number of aromatic nitrogens is 2. The van der Waals surface area contributed by atoms with Crippen LogP contribution in [0.3, 0.4) is 0 Å². The number of rotatable bonds is 7. The molecule has 0 fully saturated rings. The van der Waals surface area contributed by atoms with Crippen molar-refractivity contribution in [3.63, 3.8) is 0 Å². The van der Waals surface area contributed by atoms with Gasteiger partial charge in [-0.3, -0.25) is 9.36 Å². The second-order valence-electron chi connectivity index (χ2n) is 5.30. The van der Waals surface area contributed by atoms with E-state index in [0.717, 1.165) is 4.47 Å². The molecule has 0 spiro atoms. The molecule has 0 saturated heterocycles. The highest BCUT2D eigenvalue weighted by atomic mass is 79.9. The van der Waals surface area contributed by atoms with Gasteiger partial charge >= 0.3 is 0 Å². The number of halogens is 2. The second-order valence-corrected chi connectivity index (χ2v) is 6.62. The summed E-state index contributed by atoms with van der Waals surface area (Å²) in [6.45, 7) is 1.63. The van der Waals surface area contributed by atoms with E-state index < -0.39 is 0 Å². The number of hydrogen-bond donors (Lipinski definition) is 0. The summed E-state index contributed by atoms with van der Waals surface area (Å²) in [5, 5.41) is 1.15. The highest BCUT2D eigenvalue weighted by molar-refractivity contribution is 9.10. The summed E-state index contributed by atoms with van der Waals surface area (Å²) in [4.78, 5) is 16.6. The zero-order valence-corrected chi connectivity index (χ0v) is 15.7. The first-order valence-electron chi connectivity index (χ1n) is 7.75. The molecule has 0 aliphatic rings. The Morgan fingerprint density at radius 3 is 2.80 bits per heavy atom. The zero-order valence-electron chi connectivity index (χ0n) is 13.3. The maximum atomic E-state index is 12.3. The van der Waals surface area contributed by atoms with Crippen molar-refractivity contribution >= 4 is 38.4 Å². The van der Waals surface area contributed by atoms with Crippen LogP contribution in [0.4, 0.5) is 0 Å². The highest BCUT2D eigenvalue weighted by Gasteiger charge is 2.04. The molecule has 0 saturated carbocycles. The van der Waals surface area contributed by atoms with Gasteiger partial charge in [-0.1, -0.05) is 39.7 Å². The average molecular weight is 424 g/mol. The van der Waals surface area contributed by atoms with Crippen LogP contribution in [0.2, 0.25) is 5.02 Å². The van der Waals surface area contributed by atoms with E-state index in [9.17, 15) is 4.79 Å².